The molecule has 0 aromatic heterocycles. The van der Waals surface area contributed by atoms with Gasteiger partial charge in [-0.15, -0.1) is 0 Å². The summed E-state index contributed by atoms with van der Waals surface area (Å²) < 4.78 is 6.28. The number of carbonyl (C=O) groups excluding carboxylic acids is 1. The van der Waals surface area contributed by atoms with Gasteiger partial charge in [0, 0.05) is 17.7 Å². The number of piperidine rings is 1. The fourth-order valence-electron chi connectivity index (χ4n) is 4.73. The Hall–Kier alpha value is -2.59. The molecule has 0 radical (unpaired) electrons. The third-order valence-electron chi connectivity index (χ3n) is 6.36. The van der Waals surface area contributed by atoms with Crippen molar-refractivity contribution in [2.75, 3.05) is 26.2 Å². The first-order valence-electron chi connectivity index (χ1n) is 11.2. The van der Waals surface area contributed by atoms with Gasteiger partial charge in [0.05, 0.1) is 0 Å². The lowest BCUT2D eigenvalue weighted by molar-refractivity contribution is 0.112. The first-order valence-corrected chi connectivity index (χ1v) is 11.2. The highest BCUT2D eigenvalue weighted by Crippen LogP contribution is 2.42. The van der Waals surface area contributed by atoms with Crippen LogP contribution in [0.15, 0.2) is 42.0 Å². The molecule has 1 heterocycles. The van der Waals surface area contributed by atoms with Gasteiger partial charge >= 0.3 is 0 Å². The van der Waals surface area contributed by atoms with Crippen LogP contribution in [-0.2, 0) is 6.42 Å². The van der Waals surface area contributed by atoms with E-state index >= 15 is 0 Å². The predicted octanol–water partition coefficient (Wildman–Crippen LogP) is 5.23. The third kappa shape index (κ3) is 4.44. The summed E-state index contributed by atoms with van der Waals surface area (Å²) in [5.74, 6) is 1.13. The van der Waals surface area contributed by atoms with Crippen LogP contribution in [0.3, 0.4) is 0 Å². The van der Waals surface area contributed by atoms with Crippen molar-refractivity contribution in [1.29, 1.82) is 0 Å². The molecule has 2 aromatic carbocycles. The summed E-state index contributed by atoms with van der Waals surface area (Å²) >= 11 is 0. The second-order valence-electron chi connectivity index (χ2n) is 8.30. The average molecular weight is 406 g/mol. The molecular formula is C26H31NO3. The van der Waals surface area contributed by atoms with Crippen molar-refractivity contribution in [1.82, 2.24) is 4.90 Å². The maximum Gasteiger partial charge on any atom is 0.150 e. The lowest BCUT2D eigenvalue weighted by Crippen LogP contribution is -2.33. The van der Waals surface area contributed by atoms with Crippen LogP contribution in [0.25, 0.3) is 5.57 Å². The monoisotopic (exact) mass is 405 g/mol. The van der Waals surface area contributed by atoms with Gasteiger partial charge < -0.3 is 9.84 Å². The molecule has 0 atom stereocenters. The Bertz CT molecular complexity index is 941. The first-order chi connectivity index (χ1) is 14.7. The number of aldehydes is 1. The van der Waals surface area contributed by atoms with Gasteiger partial charge in [0.15, 0.2) is 0 Å². The molecule has 1 aliphatic heterocycles. The van der Waals surface area contributed by atoms with E-state index in [1.54, 1.807) is 6.07 Å². The molecule has 4 nitrogen and oxygen atoms in total. The zero-order valence-electron chi connectivity index (χ0n) is 17.8. The number of nitrogens with zero attached hydrogens (tertiary/aromatic N) is 1. The van der Waals surface area contributed by atoms with E-state index in [1.807, 2.05) is 30.3 Å². The average Bonchev–Trinajstić information content (AvgIpc) is 2.79. The van der Waals surface area contributed by atoms with Crippen molar-refractivity contribution in [3.8, 4) is 11.5 Å². The number of carbonyl (C=O) groups is 1. The van der Waals surface area contributed by atoms with Crippen LogP contribution in [0.5, 0.6) is 11.5 Å². The number of allylic oxidation sites excluding steroid dienone is 1. The van der Waals surface area contributed by atoms with E-state index in [2.05, 4.69) is 11.8 Å². The normalized spacial score (nSPS) is 17.0. The van der Waals surface area contributed by atoms with Gasteiger partial charge in [0.2, 0.25) is 0 Å². The van der Waals surface area contributed by atoms with Crippen LogP contribution in [0.2, 0.25) is 0 Å². The van der Waals surface area contributed by atoms with E-state index in [0.29, 0.717) is 17.9 Å². The Labute approximate surface area is 179 Å². The van der Waals surface area contributed by atoms with Crippen LogP contribution in [0.4, 0.5) is 0 Å². The van der Waals surface area contributed by atoms with E-state index < -0.39 is 0 Å². The van der Waals surface area contributed by atoms with Crippen LogP contribution in [0.1, 0.15) is 66.1 Å². The van der Waals surface area contributed by atoms with Crippen molar-refractivity contribution < 1.29 is 14.6 Å². The molecule has 1 saturated heterocycles. The molecule has 1 N–H and O–H groups in total. The van der Waals surface area contributed by atoms with Gasteiger partial charge in [-0.3, -0.25) is 9.69 Å². The number of hydrogen-bond donors (Lipinski definition) is 1. The second-order valence-corrected chi connectivity index (χ2v) is 8.30. The van der Waals surface area contributed by atoms with Crippen LogP contribution < -0.4 is 4.74 Å². The number of likely N-dealkylation sites (tertiary alicyclic amines) is 1. The Balaban J connectivity index is 1.67. The summed E-state index contributed by atoms with van der Waals surface area (Å²) in [5.41, 5.74) is 6.47. The number of aromatic hydroxyl groups is 1. The first kappa shape index (κ1) is 20.7. The number of benzene rings is 2. The number of ether oxygens (including phenoxy) is 1. The zero-order chi connectivity index (χ0) is 20.9. The summed E-state index contributed by atoms with van der Waals surface area (Å²) in [5, 5.41) is 9.95. The highest BCUT2D eigenvalue weighted by molar-refractivity contribution is 5.90. The quantitative estimate of drug-likeness (QED) is 0.641. The van der Waals surface area contributed by atoms with Crippen LogP contribution in [0, 0.1) is 0 Å². The maximum atomic E-state index is 11.5. The Morgan fingerprint density at radius 2 is 1.87 bits per heavy atom. The second kappa shape index (κ2) is 9.48. The van der Waals surface area contributed by atoms with Crippen molar-refractivity contribution >= 4 is 11.9 Å². The molecular weight excluding hydrogens is 374 g/mol. The van der Waals surface area contributed by atoms with Crippen molar-refractivity contribution in [3.63, 3.8) is 0 Å². The van der Waals surface area contributed by atoms with Crippen molar-refractivity contribution in [2.24, 2.45) is 0 Å². The Kier molecular flexibility index (Phi) is 6.53. The van der Waals surface area contributed by atoms with Gasteiger partial charge in [-0.1, -0.05) is 25.0 Å². The molecule has 2 aromatic rings. The summed E-state index contributed by atoms with van der Waals surface area (Å²) in [6.07, 6.45) is 7.61. The summed E-state index contributed by atoms with van der Waals surface area (Å²) in [4.78, 5) is 14.0. The minimum absolute atomic E-state index is 0.299. The molecule has 0 unspecified atom stereocenters. The largest absolute Gasteiger partial charge is 0.508 e. The summed E-state index contributed by atoms with van der Waals surface area (Å²) in [6, 6.07) is 11.3. The highest BCUT2D eigenvalue weighted by Gasteiger charge is 2.23. The topological polar surface area (TPSA) is 49.8 Å². The molecule has 0 amide bonds. The predicted molar refractivity (Wildman–Crippen MR) is 120 cm³/mol. The third-order valence-corrected chi connectivity index (χ3v) is 6.36. The smallest absolute Gasteiger partial charge is 0.150 e. The Morgan fingerprint density at radius 3 is 2.63 bits per heavy atom. The van der Waals surface area contributed by atoms with Gasteiger partial charge in [-0.05, 0) is 92.2 Å². The molecule has 4 rings (SSSR count). The number of phenolic OH excluding ortho intramolecular Hbond substituents is 1. The SMILES string of the molecule is CCC1=C(c2cc(C=O)ccc2OCCN2CCCCC2)c2ccc(O)cc2CC1. The van der Waals surface area contributed by atoms with Crippen molar-refractivity contribution in [2.45, 2.75) is 45.4 Å². The summed E-state index contributed by atoms with van der Waals surface area (Å²) in [6.45, 7) is 6.06. The Morgan fingerprint density at radius 1 is 1.03 bits per heavy atom. The van der Waals surface area contributed by atoms with Gasteiger partial charge in [-0.25, -0.2) is 0 Å². The number of hydrogen-bond acceptors (Lipinski definition) is 4. The molecule has 0 bridgehead atoms. The standard InChI is InChI=1S/C26H31NO3/c1-2-20-7-8-21-17-22(29)9-10-23(21)26(20)24-16-19(18-28)6-11-25(24)30-15-14-27-12-4-3-5-13-27/h6,9-11,16-18,29H,2-5,7-8,12-15H2,1H3. The van der Waals surface area contributed by atoms with Gasteiger partial charge in [-0.2, -0.15) is 0 Å². The molecule has 1 aliphatic carbocycles. The van der Waals surface area contributed by atoms with Crippen LogP contribution in [-0.4, -0.2) is 42.5 Å². The maximum absolute atomic E-state index is 11.5. The highest BCUT2D eigenvalue weighted by atomic mass is 16.5. The summed E-state index contributed by atoms with van der Waals surface area (Å²) in [7, 11) is 0. The van der Waals surface area contributed by atoms with Gasteiger partial charge in [0.1, 0.15) is 24.4 Å². The molecule has 30 heavy (non-hydrogen) atoms. The number of rotatable bonds is 7. The minimum atomic E-state index is 0.299. The molecule has 1 fully saturated rings. The minimum Gasteiger partial charge on any atom is -0.508 e. The number of aryl methyl sites for hydroxylation is 1. The van der Waals surface area contributed by atoms with E-state index in [-0.39, 0.29) is 0 Å². The fourth-order valence-corrected chi connectivity index (χ4v) is 4.73. The van der Waals surface area contributed by atoms with E-state index in [9.17, 15) is 9.90 Å². The number of phenols is 1. The van der Waals surface area contributed by atoms with Crippen molar-refractivity contribution in [3.05, 3.63) is 64.2 Å². The van der Waals surface area contributed by atoms with Crippen LogP contribution >= 0.6 is 0 Å². The lowest BCUT2D eigenvalue weighted by Gasteiger charge is -2.27. The van der Waals surface area contributed by atoms with E-state index in [0.717, 1.165) is 73.2 Å². The number of fused-ring (bicyclic) bond motifs is 1. The lowest BCUT2D eigenvalue weighted by atomic mass is 9.80. The van der Waals surface area contributed by atoms with E-state index in [1.165, 1.54) is 24.8 Å². The zero-order valence-corrected chi connectivity index (χ0v) is 17.8. The van der Waals surface area contributed by atoms with Gasteiger partial charge in [0.25, 0.3) is 0 Å². The van der Waals surface area contributed by atoms with E-state index in [4.69, 9.17) is 4.74 Å². The molecule has 0 saturated carbocycles. The molecule has 0 spiro atoms. The molecule has 4 heteroatoms. The fraction of sp³-hybridized carbons (Fsp3) is 0.423. The molecule has 2 aliphatic rings. The molecule has 158 valence electrons.